The van der Waals surface area contributed by atoms with Crippen LogP contribution in [0.2, 0.25) is 10.0 Å². The molecular weight excluding hydrogens is 390 g/mol. The van der Waals surface area contributed by atoms with E-state index in [9.17, 15) is 14.0 Å². The van der Waals surface area contributed by atoms with Crippen LogP contribution >= 0.6 is 23.2 Å². The number of nitrogens with one attached hydrogen (secondary N) is 1. The summed E-state index contributed by atoms with van der Waals surface area (Å²) in [6.07, 6.45) is 0.465. The van der Waals surface area contributed by atoms with E-state index in [0.29, 0.717) is 27.6 Å². The van der Waals surface area contributed by atoms with Gasteiger partial charge in [-0.05, 0) is 36.2 Å². The van der Waals surface area contributed by atoms with Crippen molar-refractivity contribution in [3.63, 3.8) is 0 Å². The maximum Gasteiger partial charge on any atom is 0.242 e. The maximum absolute atomic E-state index is 13.1. The highest BCUT2D eigenvalue weighted by Crippen LogP contribution is 2.27. The smallest absolute Gasteiger partial charge is 0.242 e. The highest BCUT2D eigenvalue weighted by Gasteiger charge is 2.29. The van der Waals surface area contributed by atoms with Crippen LogP contribution in [0.25, 0.3) is 0 Å². The van der Waals surface area contributed by atoms with Crippen LogP contribution < -0.4 is 5.32 Å². The van der Waals surface area contributed by atoms with Gasteiger partial charge in [-0.15, -0.1) is 0 Å². The molecule has 1 atom stereocenters. The monoisotopic (exact) mass is 410 g/mol. The first-order valence-electron chi connectivity index (χ1n) is 8.55. The van der Waals surface area contributed by atoms with Crippen molar-refractivity contribution in [2.24, 2.45) is 0 Å². The normalized spacial score (nSPS) is 11.7. The first-order chi connectivity index (χ1) is 12.9. The maximum atomic E-state index is 13.1. The van der Waals surface area contributed by atoms with Crippen LogP contribution in [-0.4, -0.2) is 29.8 Å². The average Bonchev–Trinajstić information content (AvgIpc) is 2.65. The number of amides is 2. The zero-order valence-corrected chi connectivity index (χ0v) is 16.6. The van der Waals surface area contributed by atoms with Gasteiger partial charge in [0, 0.05) is 29.2 Å². The summed E-state index contributed by atoms with van der Waals surface area (Å²) in [5.41, 5.74) is 1.24. The van der Waals surface area contributed by atoms with Crippen LogP contribution in [0, 0.1) is 5.82 Å². The van der Waals surface area contributed by atoms with E-state index in [2.05, 4.69) is 5.32 Å². The van der Waals surface area contributed by atoms with Crippen LogP contribution in [-0.2, 0) is 22.6 Å². The fraction of sp³-hybridized carbons (Fsp3) is 0.300. The lowest BCUT2D eigenvalue weighted by molar-refractivity contribution is -0.140. The van der Waals surface area contributed by atoms with Gasteiger partial charge < -0.3 is 10.2 Å². The lowest BCUT2D eigenvalue weighted by Crippen LogP contribution is -2.48. The minimum absolute atomic E-state index is 0.0375. The molecule has 1 unspecified atom stereocenters. The Bertz CT molecular complexity index is 792. The van der Waals surface area contributed by atoms with Crippen molar-refractivity contribution in [2.75, 3.05) is 7.05 Å². The van der Waals surface area contributed by atoms with E-state index < -0.39 is 6.04 Å². The third-order valence-electron chi connectivity index (χ3n) is 4.29. The van der Waals surface area contributed by atoms with Gasteiger partial charge >= 0.3 is 0 Å². The Balaban J connectivity index is 2.34. The third kappa shape index (κ3) is 5.44. The van der Waals surface area contributed by atoms with E-state index in [-0.39, 0.29) is 30.6 Å². The zero-order valence-electron chi connectivity index (χ0n) is 15.1. The molecule has 0 aliphatic heterocycles. The van der Waals surface area contributed by atoms with Gasteiger partial charge in [-0.25, -0.2) is 4.39 Å². The lowest BCUT2D eigenvalue weighted by atomic mass is 10.1. The molecule has 0 saturated carbocycles. The molecule has 0 bridgehead atoms. The van der Waals surface area contributed by atoms with E-state index in [4.69, 9.17) is 23.2 Å². The summed E-state index contributed by atoms with van der Waals surface area (Å²) in [7, 11) is 1.52. The molecule has 0 fully saturated rings. The van der Waals surface area contributed by atoms with E-state index >= 15 is 0 Å². The van der Waals surface area contributed by atoms with Gasteiger partial charge in [-0.1, -0.05) is 48.3 Å². The molecule has 2 amide bonds. The van der Waals surface area contributed by atoms with Crippen molar-refractivity contribution >= 4 is 35.0 Å². The topological polar surface area (TPSA) is 49.4 Å². The van der Waals surface area contributed by atoms with E-state index in [1.165, 1.54) is 24.1 Å². The number of hydrogen-bond acceptors (Lipinski definition) is 2. The van der Waals surface area contributed by atoms with Crippen molar-refractivity contribution in [1.82, 2.24) is 10.2 Å². The summed E-state index contributed by atoms with van der Waals surface area (Å²) in [6.45, 7) is 1.93. The van der Waals surface area contributed by atoms with E-state index in [1.54, 1.807) is 30.3 Å². The molecule has 0 saturated heterocycles. The highest BCUT2D eigenvalue weighted by atomic mass is 35.5. The van der Waals surface area contributed by atoms with Gasteiger partial charge in [0.05, 0.1) is 6.42 Å². The van der Waals surface area contributed by atoms with Crippen LogP contribution in [0.4, 0.5) is 4.39 Å². The Morgan fingerprint density at radius 3 is 2.22 bits per heavy atom. The molecule has 7 heteroatoms. The van der Waals surface area contributed by atoms with Gasteiger partial charge in [0.2, 0.25) is 11.8 Å². The van der Waals surface area contributed by atoms with Crippen molar-refractivity contribution in [2.45, 2.75) is 32.4 Å². The van der Waals surface area contributed by atoms with Crippen LogP contribution in [0.1, 0.15) is 24.5 Å². The Kier molecular flexibility index (Phi) is 7.63. The van der Waals surface area contributed by atoms with Crippen LogP contribution in [0.3, 0.4) is 0 Å². The Hall–Kier alpha value is -2.11. The number of carbonyl (C=O) groups excluding carboxylic acids is 2. The largest absolute Gasteiger partial charge is 0.357 e. The molecule has 2 aromatic rings. The summed E-state index contributed by atoms with van der Waals surface area (Å²) in [4.78, 5) is 26.8. The quantitative estimate of drug-likeness (QED) is 0.742. The minimum Gasteiger partial charge on any atom is -0.357 e. The molecule has 1 N–H and O–H groups in total. The van der Waals surface area contributed by atoms with E-state index in [0.717, 1.165) is 0 Å². The van der Waals surface area contributed by atoms with E-state index in [1.807, 2.05) is 6.92 Å². The van der Waals surface area contributed by atoms with Gasteiger partial charge in [0.25, 0.3) is 0 Å². The summed E-state index contributed by atoms with van der Waals surface area (Å²) in [5.74, 6) is -0.913. The second kappa shape index (κ2) is 9.72. The molecule has 0 aliphatic carbocycles. The Morgan fingerprint density at radius 1 is 1.11 bits per heavy atom. The van der Waals surface area contributed by atoms with Crippen molar-refractivity contribution in [3.8, 4) is 0 Å². The first kappa shape index (κ1) is 21.2. The van der Waals surface area contributed by atoms with Gasteiger partial charge in [-0.2, -0.15) is 0 Å². The number of rotatable bonds is 7. The number of hydrogen-bond donors (Lipinski definition) is 1. The molecule has 2 rings (SSSR count). The molecule has 4 nitrogen and oxygen atoms in total. The van der Waals surface area contributed by atoms with Crippen molar-refractivity contribution in [1.29, 1.82) is 0 Å². The van der Waals surface area contributed by atoms with Crippen molar-refractivity contribution in [3.05, 3.63) is 69.5 Å². The SMILES string of the molecule is CCC(C(=O)NC)N(Cc1c(Cl)cccc1Cl)C(=O)Cc1ccc(F)cc1. The molecule has 0 aliphatic rings. The predicted molar refractivity (Wildman–Crippen MR) is 105 cm³/mol. The lowest BCUT2D eigenvalue weighted by Gasteiger charge is -2.31. The number of halogens is 3. The number of benzene rings is 2. The number of nitrogens with zero attached hydrogens (tertiary/aromatic N) is 1. The summed E-state index contributed by atoms with van der Waals surface area (Å²) in [6, 6.07) is 10.1. The highest BCUT2D eigenvalue weighted by molar-refractivity contribution is 6.36. The molecular formula is C20H21Cl2FN2O2. The minimum atomic E-state index is -0.671. The molecule has 0 heterocycles. The number of likely N-dealkylation sites (N-methyl/N-ethyl adjacent to an activating group) is 1. The molecule has 0 radical (unpaired) electrons. The summed E-state index contributed by atoms with van der Waals surface area (Å²) < 4.78 is 13.1. The van der Waals surface area contributed by atoms with Gasteiger partial charge in [-0.3, -0.25) is 9.59 Å². The average molecular weight is 411 g/mol. The van der Waals surface area contributed by atoms with Crippen LogP contribution in [0.15, 0.2) is 42.5 Å². The standard InChI is InChI=1S/C20H21Cl2FN2O2/c1-3-18(20(27)24-2)25(12-15-16(21)5-4-6-17(15)22)19(26)11-13-7-9-14(23)10-8-13/h4-10,18H,3,11-12H2,1-2H3,(H,24,27). The summed E-state index contributed by atoms with van der Waals surface area (Å²) >= 11 is 12.5. The van der Waals surface area contributed by atoms with Gasteiger partial charge in [0.15, 0.2) is 0 Å². The fourth-order valence-electron chi connectivity index (χ4n) is 2.82. The predicted octanol–water partition coefficient (Wildman–Crippen LogP) is 4.23. The summed E-state index contributed by atoms with van der Waals surface area (Å²) in [5, 5.41) is 3.44. The third-order valence-corrected chi connectivity index (χ3v) is 5.00. The molecule has 0 aromatic heterocycles. The number of carbonyl (C=O) groups is 2. The Morgan fingerprint density at radius 2 is 1.70 bits per heavy atom. The Labute approximate surface area is 168 Å². The molecule has 0 spiro atoms. The second-order valence-electron chi connectivity index (χ2n) is 6.06. The molecule has 2 aromatic carbocycles. The zero-order chi connectivity index (χ0) is 20.0. The molecule has 27 heavy (non-hydrogen) atoms. The molecule has 144 valence electrons. The van der Waals surface area contributed by atoms with Crippen molar-refractivity contribution < 1.29 is 14.0 Å². The fourth-order valence-corrected chi connectivity index (χ4v) is 3.34. The second-order valence-corrected chi connectivity index (χ2v) is 6.88. The van der Waals surface area contributed by atoms with Gasteiger partial charge in [0.1, 0.15) is 11.9 Å². The first-order valence-corrected chi connectivity index (χ1v) is 9.31. The van der Waals surface area contributed by atoms with Crippen LogP contribution in [0.5, 0.6) is 0 Å².